The molecule has 2 heterocycles. The fraction of sp³-hybridized carbons (Fsp3) is 0.400. The third-order valence-corrected chi connectivity index (χ3v) is 7.47. The molecule has 0 spiro atoms. The lowest BCUT2D eigenvalue weighted by molar-refractivity contribution is 0.0279. The minimum Gasteiger partial charge on any atom is -0.387 e. The zero-order valence-electron chi connectivity index (χ0n) is 16.3. The topological polar surface area (TPSA) is 65.8 Å². The number of rotatable bonds is 5. The second-order valence-electron chi connectivity index (χ2n) is 7.74. The summed E-state index contributed by atoms with van der Waals surface area (Å²) in [5, 5.41) is 12.2. The van der Waals surface area contributed by atoms with Crippen LogP contribution in [-0.4, -0.2) is 58.5 Å². The van der Waals surface area contributed by atoms with Gasteiger partial charge in [-0.2, -0.15) is 17.0 Å². The lowest BCUT2D eigenvalue weighted by Gasteiger charge is -2.29. The van der Waals surface area contributed by atoms with Crippen LogP contribution in [0.4, 0.5) is 8.78 Å². The molecule has 3 aromatic rings. The molecule has 9 heteroatoms. The van der Waals surface area contributed by atoms with E-state index >= 15 is 0 Å². The van der Waals surface area contributed by atoms with Gasteiger partial charge in [0.15, 0.2) is 0 Å². The number of hydrogen-bond donors (Lipinski definition) is 1. The molecule has 29 heavy (non-hydrogen) atoms. The molecule has 4 rings (SSSR count). The number of aromatic nitrogens is 1. The van der Waals surface area contributed by atoms with E-state index < -0.39 is 27.4 Å². The lowest BCUT2D eigenvalue weighted by Crippen LogP contribution is -2.45. The Labute approximate surface area is 168 Å². The van der Waals surface area contributed by atoms with Crippen LogP contribution in [0, 0.1) is 11.6 Å². The zero-order valence-corrected chi connectivity index (χ0v) is 17.1. The minimum atomic E-state index is -3.59. The minimum absolute atomic E-state index is 0.0718. The molecule has 0 aliphatic carbocycles. The fourth-order valence-corrected chi connectivity index (χ4v) is 5.81. The van der Waals surface area contributed by atoms with Crippen molar-refractivity contribution >= 4 is 32.0 Å². The maximum atomic E-state index is 13.8. The van der Waals surface area contributed by atoms with Gasteiger partial charge in [0.2, 0.25) is 0 Å². The zero-order chi connectivity index (χ0) is 21.0. The van der Waals surface area contributed by atoms with Gasteiger partial charge < -0.3 is 9.67 Å². The van der Waals surface area contributed by atoms with Crippen LogP contribution in [0.15, 0.2) is 36.4 Å². The van der Waals surface area contributed by atoms with Gasteiger partial charge in [0.25, 0.3) is 10.2 Å². The molecule has 156 valence electrons. The number of fused-ring (bicyclic) bond motifs is 3. The molecule has 0 amide bonds. The summed E-state index contributed by atoms with van der Waals surface area (Å²) in [6.07, 6.45) is 0. The largest absolute Gasteiger partial charge is 0.387 e. The average Bonchev–Trinajstić information content (AvgIpc) is 3.08. The Morgan fingerprint density at radius 1 is 0.966 bits per heavy atom. The van der Waals surface area contributed by atoms with E-state index in [1.165, 1.54) is 32.9 Å². The van der Waals surface area contributed by atoms with E-state index in [1.807, 2.05) is 0 Å². The molecule has 1 aromatic heterocycles. The lowest BCUT2D eigenvalue weighted by atomic mass is 10.1. The Bertz CT molecular complexity index is 1130. The van der Waals surface area contributed by atoms with E-state index in [1.54, 1.807) is 30.5 Å². The summed E-state index contributed by atoms with van der Waals surface area (Å²) >= 11 is 0. The van der Waals surface area contributed by atoms with Crippen molar-refractivity contribution in [3.05, 3.63) is 48.0 Å². The Hall–Kier alpha value is -2.07. The first-order chi connectivity index (χ1) is 13.6. The molecule has 6 nitrogen and oxygen atoms in total. The van der Waals surface area contributed by atoms with Crippen molar-refractivity contribution in [2.45, 2.75) is 26.0 Å². The first-order valence-corrected chi connectivity index (χ1v) is 10.9. The van der Waals surface area contributed by atoms with Crippen LogP contribution in [-0.2, 0) is 16.8 Å². The molecule has 1 fully saturated rings. The molecule has 1 saturated heterocycles. The molecule has 1 unspecified atom stereocenters. The monoisotopic (exact) mass is 423 g/mol. The first-order valence-electron chi connectivity index (χ1n) is 9.47. The fourth-order valence-electron chi connectivity index (χ4n) is 4.09. The van der Waals surface area contributed by atoms with Crippen LogP contribution in [0.25, 0.3) is 21.8 Å². The highest BCUT2D eigenvalue weighted by Crippen LogP contribution is 2.32. The Morgan fingerprint density at radius 3 is 1.97 bits per heavy atom. The van der Waals surface area contributed by atoms with Crippen LogP contribution in [0.5, 0.6) is 0 Å². The van der Waals surface area contributed by atoms with Gasteiger partial charge in [0, 0.05) is 48.0 Å². The number of nitrogens with zero attached hydrogens (tertiary/aromatic N) is 3. The molecule has 1 N–H and O–H groups in total. The summed E-state index contributed by atoms with van der Waals surface area (Å²) in [4.78, 5) is 0. The van der Waals surface area contributed by atoms with Crippen LogP contribution < -0.4 is 0 Å². The summed E-state index contributed by atoms with van der Waals surface area (Å²) in [6.45, 7) is 4.43. The van der Waals surface area contributed by atoms with Crippen LogP contribution in [0.1, 0.15) is 13.8 Å². The molecule has 1 aliphatic rings. The number of β-amino-alcohol motifs (C(OH)–C–C–N with tert-alkyl or cyclic N) is 1. The Morgan fingerprint density at radius 2 is 1.48 bits per heavy atom. The molecule has 0 bridgehead atoms. The van der Waals surface area contributed by atoms with E-state index in [9.17, 15) is 22.3 Å². The van der Waals surface area contributed by atoms with Gasteiger partial charge in [-0.05, 0) is 43.3 Å². The van der Waals surface area contributed by atoms with Crippen molar-refractivity contribution in [1.82, 2.24) is 13.2 Å². The molecule has 1 atom stereocenters. The Balaban J connectivity index is 1.73. The van der Waals surface area contributed by atoms with E-state index in [2.05, 4.69) is 0 Å². The van der Waals surface area contributed by atoms with E-state index in [-0.39, 0.29) is 13.1 Å². The summed E-state index contributed by atoms with van der Waals surface area (Å²) in [5.74, 6) is -0.870. The van der Waals surface area contributed by atoms with Crippen molar-refractivity contribution in [3.63, 3.8) is 0 Å². The van der Waals surface area contributed by atoms with Gasteiger partial charge >= 0.3 is 0 Å². The molecule has 2 aromatic carbocycles. The standard InChI is InChI=1S/C20H23F2N3O3S/c1-3-23-8-9-24(29(23,27)28)12-20(2,26)13-25-18-6-4-14(21)10-16(18)17-11-15(22)5-7-19(17)25/h4-7,10-11,26H,3,8-9,12-13H2,1-2H3. The maximum absolute atomic E-state index is 13.8. The van der Waals surface area contributed by atoms with Crippen molar-refractivity contribution in [2.75, 3.05) is 26.2 Å². The summed E-state index contributed by atoms with van der Waals surface area (Å²) in [7, 11) is -3.59. The molecule has 1 aliphatic heterocycles. The van der Waals surface area contributed by atoms with Gasteiger partial charge in [-0.25, -0.2) is 8.78 Å². The van der Waals surface area contributed by atoms with Crippen molar-refractivity contribution in [1.29, 1.82) is 0 Å². The average molecular weight is 423 g/mol. The molecule has 0 radical (unpaired) electrons. The maximum Gasteiger partial charge on any atom is 0.282 e. The summed E-state index contributed by atoms with van der Waals surface area (Å²) in [5.41, 5.74) is -0.100. The number of hydrogen-bond acceptors (Lipinski definition) is 3. The first kappa shape index (κ1) is 20.2. The number of benzene rings is 2. The van der Waals surface area contributed by atoms with E-state index in [0.717, 1.165) is 0 Å². The van der Waals surface area contributed by atoms with Crippen molar-refractivity contribution in [3.8, 4) is 0 Å². The normalized spacial score (nSPS) is 19.9. The summed E-state index contributed by atoms with van der Waals surface area (Å²) < 4.78 is 57.2. The molecule has 0 saturated carbocycles. The number of halogens is 2. The Kier molecular flexibility index (Phi) is 4.89. The third-order valence-electron chi connectivity index (χ3n) is 5.41. The third kappa shape index (κ3) is 3.52. The van der Waals surface area contributed by atoms with Crippen molar-refractivity contribution in [2.24, 2.45) is 0 Å². The second-order valence-corrected chi connectivity index (χ2v) is 9.67. The summed E-state index contributed by atoms with van der Waals surface area (Å²) in [6, 6.07) is 8.48. The van der Waals surface area contributed by atoms with E-state index in [0.29, 0.717) is 41.4 Å². The predicted octanol–water partition coefficient (Wildman–Crippen LogP) is 2.71. The highest BCUT2D eigenvalue weighted by atomic mass is 32.2. The van der Waals surface area contributed by atoms with Crippen LogP contribution >= 0.6 is 0 Å². The number of aliphatic hydroxyl groups is 1. The molecular weight excluding hydrogens is 400 g/mol. The van der Waals surface area contributed by atoms with Crippen molar-refractivity contribution < 1.29 is 22.3 Å². The predicted molar refractivity (Wildman–Crippen MR) is 108 cm³/mol. The van der Waals surface area contributed by atoms with Gasteiger partial charge in [0.05, 0.1) is 12.1 Å². The quantitative estimate of drug-likeness (QED) is 0.686. The van der Waals surface area contributed by atoms with Crippen LogP contribution in [0.3, 0.4) is 0 Å². The van der Waals surface area contributed by atoms with Gasteiger partial charge in [0.1, 0.15) is 11.6 Å². The highest BCUT2D eigenvalue weighted by molar-refractivity contribution is 7.87. The van der Waals surface area contributed by atoms with Gasteiger partial charge in [-0.1, -0.05) is 6.92 Å². The van der Waals surface area contributed by atoms with Crippen LogP contribution in [0.2, 0.25) is 0 Å². The smallest absolute Gasteiger partial charge is 0.282 e. The van der Waals surface area contributed by atoms with Gasteiger partial charge in [-0.3, -0.25) is 0 Å². The highest BCUT2D eigenvalue weighted by Gasteiger charge is 2.39. The SMILES string of the molecule is CCN1CCN(CC(C)(O)Cn2c3ccc(F)cc3c3cc(F)ccc32)S1(=O)=O. The van der Waals surface area contributed by atoms with Gasteiger partial charge in [-0.15, -0.1) is 0 Å². The number of likely N-dealkylation sites (N-methyl/N-ethyl adjacent to an activating group) is 1. The molecular formula is C20H23F2N3O3S. The van der Waals surface area contributed by atoms with E-state index in [4.69, 9.17) is 0 Å². The second kappa shape index (κ2) is 7.02.